The van der Waals surface area contributed by atoms with Crippen LogP contribution in [0.15, 0.2) is 60.7 Å². The first-order valence-electron chi connectivity index (χ1n) is 11.7. The molecule has 0 aromatic heterocycles. The van der Waals surface area contributed by atoms with Crippen molar-refractivity contribution in [3.63, 3.8) is 0 Å². The number of carboxylic acid groups (broad SMARTS) is 1. The number of hydrogen-bond acceptors (Lipinski definition) is 6. The van der Waals surface area contributed by atoms with Gasteiger partial charge in [-0.05, 0) is 36.5 Å². The molecule has 194 valence electrons. The third kappa shape index (κ3) is 9.71. The molecule has 0 saturated carbocycles. The van der Waals surface area contributed by atoms with Gasteiger partial charge in [-0.1, -0.05) is 60.7 Å². The predicted molar refractivity (Wildman–Crippen MR) is 140 cm³/mol. The van der Waals surface area contributed by atoms with Gasteiger partial charge in [0.2, 0.25) is 17.7 Å². The van der Waals surface area contributed by atoms with E-state index in [9.17, 15) is 24.3 Å². The van der Waals surface area contributed by atoms with Gasteiger partial charge >= 0.3 is 5.97 Å². The molecule has 9 nitrogen and oxygen atoms in total. The molecule has 0 saturated heterocycles. The van der Waals surface area contributed by atoms with Crippen molar-refractivity contribution < 1.29 is 24.3 Å². The van der Waals surface area contributed by atoms with Crippen LogP contribution in [-0.2, 0) is 32.0 Å². The lowest BCUT2D eigenvalue weighted by atomic mass is 10.0. The van der Waals surface area contributed by atoms with E-state index in [1.54, 1.807) is 60.3 Å². The van der Waals surface area contributed by atoms with E-state index in [1.165, 1.54) is 6.92 Å². The third-order valence-corrected chi connectivity index (χ3v) is 6.18. The molecule has 2 aromatic carbocycles. The Kier molecular flexibility index (Phi) is 11.9. The van der Waals surface area contributed by atoms with Gasteiger partial charge in [0.1, 0.15) is 18.1 Å². The van der Waals surface area contributed by atoms with Gasteiger partial charge < -0.3 is 26.8 Å². The number of benzene rings is 2. The summed E-state index contributed by atoms with van der Waals surface area (Å²) in [5.74, 6) is -2.14. The summed E-state index contributed by atoms with van der Waals surface area (Å²) >= 11 is 1.57. The summed E-state index contributed by atoms with van der Waals surface area (Å²) in [6, 6.07) is 14.1. The first-order chi connectivity index (χ1) is 17.2. The highest BCUT2D eigenvalue weighted by Gasteiger charge is 2.29. The standard InChI is InChI=1S/C26H34N4O5S/c1-17(28-24(32)20(27)13-14-36-2)23(31)29-21(15-18-9-5-3-6-10-18)25(33)30-22(26(34)35)16-19-11-7-4-8-12-19/h3-12,17,20-22H,13-16,27H2,1-2H3,(H,28,32)(H,29,31)(H,30,33)(H,34,35). The number of amides is 3. The topological polar surface area (TPSA) is 151 Å². The number of carbonyl (C=O) groups is 4. The Morgan fingerprint density at radius 3 is 1.81 bits per heavy atom. The molecule has 0 aliphatic carbocycles. The van der Waals surface area contributed by atoms with E-state index in [0.29, 0.717) is 12.2 Å². The van der Waals surface area contributed by atoms with Crippen LogP contribution >= 0.6 is 11.8 Å². The molecule has 2 rings (SSSR count). The van der Waals surface area contributed by atoms with Gasteiger partial charge in [-0.2, -0.15) is 11.8 Å². The van der Waals surface area contributed by atoms with Gasteiger partial charge in [0.05, 0.1) is 6.04 Å². The lowest BCUT2D eigenvalue weighted by Crippen LogP contribution is -2.57. The predicted octanol–water partition coefficient (Wildman–Crippen LogP) is 1.11. The minimum absolute atomic E-state index is 0.0916. The first-order valence-corrected chi connectivity index (χ1v) is 13.1. The molecule has 4 atom stereocenters. The fourth-order valence-corrected chi connectivity index (χ4v) is 3.93. The zero-order valence-corrected chi connectivity index (χ0v) is 21.3. The van der Waals surface area contributed by atoms with Crippen LogP contribution in [0.5, 0.6) is 0 Å². The second-order valence-electron chi connectivity index (χ2n) is 8.46. The molecular formula is C26H34N4O5S. The molecule has 2 aromatic rings. The average Bonchev–Trinajstić information content (AvgIpc) is 2.87. The Morgan fingerprint density at radius 1 is 0.806 bits per heavy atom. The molecule has 4 unspecified atom stereocenters. The molecule has 0 spiro atoms. The SMILES string of the molecule is CSCCC(N)C(=O)NC(C)C(=O)NC(Cc1ccccc1)C(=O)NC(Cc1ccccc1)C(=O)O. The van der Waals surface area contributed by atoms with Crippen LogP contribution in [0, 0.1) is 0 Å². The highest BCUT2D eigenvalue weighted by atomic mass is 32.2. The summed E-state index contributed by atoms with van der Waals surface area (Å²) < 4.78 is 0. The van der Waals surface area contributed by atoms with Crippen LogP contribution in [0.4, 0.5) is 0 Å². The van der Waals surface area contributed by atoms with Crippen LogP contribution in [0.25, 0.3) is 0 Å². The third-order valence-electron chi connectivity index (χ3n) is 5.53. The summed E-state index contributed by atoms with van der Waals surface area (Å²) in [6.07, 6.45) is 2.62. The quantitative estimate of drug-likeness (QED) is 0.253. The van der Waals surface area contributed by atoms with Gasteiger partial charge in [-0.25, -0.2) is 4.79 Å². The monoisotopic (exact) mass is 514 g/mol. The maximum Gasteiger partial charge on any atom is 0.326 e. The number of thioether (sulfide) groups is 1. The molecule has 0 aliphatic rings. The number of rotatable bonds is 14. The number of carbonyl (C=O) groups excluding carboxylic acids is 3. The normalized spacial score (nSPS) is 14.1. The average molecular weight is 515 g/mol. The first kappa shape index (κ1) is 28.9. The van der Waals surface area contributed by atoms with Gasteiger partial charge in [-0.3, -0.25) is 14.4 Å². The molecule has 0 bridgehead atoms. The van der Waals surface area contributed by atoms with E-state index in [4.69, 9.17) is 5.73 Å². The minimum Gasteiger partial charge on any atom is -0.480 e. The van der Waals surface area contributed by atoms with Crippen molar-refractivity contribution in [1.82, 2.24) is 16.0 Å². The Morgan fingerprint density at radius 2 is 1.31 bits per heavy atom. The second-order valence-corrected chi connectivity index (χ2v) is 9.44. The highest BCUT2D eigenvalue weighted by Crippen LogP contribution is 2.07. The van der Waals surface area contributed by atoms with Crippen molar-refractivity contribution in [3.8, 4) is 0 Å². The number of nitrogens with one attached hydrogen (secondary N) is 3. The van der Waals surface area contributed by atoms with Crippen molar-refractivity contribution in [3.05, 3.63) is 71.8 Å². The van der Waals surface area contributed by atoms with Crippen molar-refractivity contribution in [2.24, 2.45) is 5.73 Å². The summed E-state index contributed by atoms with van der Waals surface area (Å²) in [4.78, 5) is 50.2. The Labute approximate surface area is 215 Å². The number of aliphatic carboxylic acids is 1. The van der Waals surface area contributed by atoms with Gasteiger partial charge in [-0.15, -0.1) is 0 Å². The summed E-state index contributed by atoms with van der Waals surface area (Å²) in [5.41, 5.74) is 7.41. The van der Waals surface area contributed by atoms with Gasteiger partial charge in [0.15, 0.2) is 0 Å². The molecule has 3 amide bonds. The molecule has 0 radical (unpaired) electrons. The van der Waals surface area contributed by atoms with Crippen LogP contribution in [0.2, 0.25) is 0 Å². The molecular weight excluding hydrogens is 480 g/mol. The van der Waals surface area contributed by atoms with Crippen LogP contribution < -0.4 is 21.7 Å². The fourth-order valence-electron chi connectivity index (χ4n) is 3.44. The van der Waals surface area contributed by atoms with E-state index in [1.807, 2.05) is 18.4 Å². The number of nitrogens with two attached hydrogens (primary N) is 1. The highest BCUT2D eigenvalue weighted by molar-refractivity contribution is 7.98. The number of hydrogen-bond donors (Lipinski definition) is 5. The minimum atomic E-state index is -1.18. The molecule has 0 heterocycles. The maximum atomic E-state index is 13.2. The summed E-state index contributed by atoms with van der Waals surface area (Å²) in [6.45, 7) is 1.50. The number of carboxylic acids is 1. The lowest BCUT2D eigenvalue weighted by molar-refractivity contribution is -0.142. The molecule has 6 N–H and O–H groups in total. The molecule has 0 fully saturated rings. The molecule has 0 aliphatic heterocycles. The molecule has 36 heavy (non-hydrogen) atoms. The van der Waals surface area contributed by atoms with Crippen LogP contribution in [0.3, 0.4) is 0 Å². The van der Waals surface area contributed by atoms with E-state index in [0.717, 1.165) is 11.1 Å². The fraction of sp³-hybridized carbons (Fsp3) is 0.385. The summed E-state index contributed by atoms with van der Waals surface area (Å²) in [7, 11) is 0. The van der Waals surface area contributed by atoms with Gasteiger partial charge in [0, 0.05) is 12.8 Å². The summed E-state index contributed by atoms with van der Waals surface area (Å²) in [5, 5.41) is 17.5. The zero-order chi connectivity index (χ0) is 26.5. The van der Waals surface area contributed by atoms with Crippen molar-refractivity contribution in [2.75, 3.05) is 12.0 Å². The van der Waals surface area contributed by atoms with Crippen LogP contribution in [0.1, 0.15) is 24.5 Å². The van der Waals surface area contributed by atoms with Crippen LogP contribution in [-0.4, -0.2) is 65.0 Å². The van der Waals surface area contributed by atoms with E-state index in [2.05, 4.69) is 16.0 Å². The van der Waals surface area contributed by atoms with Crippen molar-refractivity contribution >= 4 is 35.5 Å². The maximum absolute atomic E-state index is 13.2. The Bertz CT molecular complexity index is 1010. The second kappa shape index (κ2) is 14.9. The van der Waals surface area contributed by atoms with E-state index >= 15 is 0 Å². The van der Waals surface area contributed by atoms with Gasteiger partial charge in [0.25, 0.3) is 0 Å². The van der Waals surface area contributed by atoms with E-state index < -0.39 is 47.9 Å². The largest absolute Gasteiger partial charge is 0.480 e. The van der Waals surface area contributed by atoms with E-state index in [-0.39, 0.29) is 12.8 Å². The van der Waals surface area contributed by atoms with Crippen molar-refractivity contribution in [1.29, 1.82) is 0 Å². The zero-order valence-electron chi connectivity index (χ0n) is 20.5. The lowest BCUT2D eigenvalue weighted by Gasteiger charge is -2.24. The Balaban J connectivity index is 2.11. The smallest absolute Gasteiger partial charge is 0.326 e. The Hall–Kier alpha value is -3.37. The van der Waals surface area contributed by atoms with Crippen molar-refractivity contribution in [2.45, 2.75) is 50.4 Å². The molecule has 10 heteroatoms.